The van der Waals surface area contributed by atoms with E-state index in [1.807, 2.05) is 26.0 Å². The van der Waals surface area contributed by atoms with E-state index >= 15 is 0 Å². The highest BCUT2D eigenvalue weighted by atomic mass is 19.3. The summed E-state index contributed by atoms with van der Waals surface area (Å²) in [6.45, 7) is 3.20. The normalized spacial score (nSPS) is 13.9. The standard InChI is InChI=1S/C24H22F3N3O2/c1-14-3-6-17(7-4-14)32-21-8-5-16(11-20(21)25)15(2)29-23-19-12-30(13-22(26)27)24(31)18(19)9-10-28-23/h3-11,15,22H,12-13H2,1-2H3,(H,28,29)/t15-/m0/s1. The molecular formula is C24H22F3N3O2. The van der Waals surface area contributed by atoms with Gasteiger partial charge in [0, 0.05) is 17.3 Å². The molecule has 2 aromatic carbocycles. The Bertz CT molecular complexity index is 1140. The van der Waals surface area contributed by atoms with Gasteiger partial charge in [-0.3, -0.25) is 4.79 Å². The molecule has 0 saturated carbocycles. The Balaban J connectivity index is 1.49. The number of halogens is 3. The molecule has 32 heavy (non-hydrogen) atoms. The van der Waals surface area contributed by atoms with Crippen LogP contribution in [0.5, 0.6) is 11.5 Å². The number of benzene rings is 2. The fourth-order valence-corrected chi connectivity index (χ4v) is 3.62. The molecule has 1 atom stereocenters. The topological polar surface area (TPSA) is 54.5 Å². The second-order valence-electron chi connectivity index (χ2n) is 7.73. The van der Waals surface area contributed by atoms with Gasteiger partial charge in [0.1, 0.15) is 11.6 Å². The van der Waals surface area contributed by atoms with E-state index in [1.54, 1.807) is 24.3 Å². The highest BCUT2D eigenvalue weighted by Gasteiger charge is 2.32. The van der Waals surface area contributed by atoms with Gasteiger partial charge >= 0.3 is 0 Å². The van der Waals surface area contributed by atoms with Crippen LogP contribution in [0.15, 0.2) is 54.7 Å². The van der Waals surface area contributed by atoms with Gasteiger partial charge in [-0.1, -0.05) is 23.8 Å². The number of aryl methyl sites for hydroxylation is 1. The van der Waals surface area contributed by atoms with E-state index in [2.05, 4.69) is 10.3 Å². The number of anilines is 1. The lowest BCUT2D eigenvalue weighted by atomic mass is 10.1. The van der Waals surface area contributed by atoms with Gasteiger partial charge in [-0.2, -0.15) is 0 Å². The SMILES string of the molecule is Cc1ccc(Oc2ccc([C@H](C)Nc3nccc4c3CN(CC(F)F)C4=O)cc2F)cc1. The average molecular weight is 441 g/mol. The van der Waals surface area contributed by atoms with E-state index in [9.17, 15) is 18.0 Å². The summed E-state index contributed by atoms with van der Waals surface area (Å²) >= 11 is 0. The van der Waals surface area contributed by atoms with Gasteiger partial charge < -0.3 is 15.0 Å². The molecule has 0 fully saturated rings. The molecule has 0 radical (unpaired) electrons. The summed E-state index contributed by atoms with van der Waals surface area (Å²) in [6.07, 6.45) is -1.16. The van der Waals surface area contributed by atoms with Gasteiger partial charge in [0.25, 0.3) is 12.3 Å². The van der Waals surface area contributed by atoms with Gasteiger partial charge in [-0.05, 0) is 49.7 Å². The van der Waals surface area contributed by atoms with Crippen LogP contribution in [0.4, 0.5) is 19.0 Å². The molecule has 0 bridgehead atoms. The molecule has 0 aliphatic carbocycles. The van der Waals surface area contributed by atoms with Gasteiger partial charge in [0.2, 0.25) is 0 Å². The zero-order chi connectivity index (χ0) is 22.8. The molecule has 1 N–H and O–H groups in total. The second-order valence-corrected chi connectivity index (χ2v) is 7.73. The molecule has 0 unspecified atom stereocenters. The molecule has 0 saturated heterocycles. The summed E-state index contributed by atoms with van der Waals surface area (Å²) in [4.78, 5) is 17.7. The Morgan fingerprint density at radius 3 is 2.59 bits per heavy atom. The van der Waals surface area contributed by atoms with Crippen molar-refractivity contribution >= 4 is 11.7 Å². The number of hydrogen-bond donors (Lipinski definition) is 1. The predicted molar refractivity (Wildman–Crippen MR) is 115 cm³/mol. The first-order chi connectivity index (χ1) is 15.3. The Morgan fingerprint density at radius 2 is 1.91 bits per heavy atom. The minimum Gasteiger partial charge on any atom is -0.454 e. The summed E-state index contributed by atoms with van der Waals surface area (Å²) < 4.78 is 45.8. The monoisotopic (exact) mass is 441 g/mol. The second kappa shape index (κ2) is 8.90. The molecule has 1 aliphatic rings. The molecular weight excluding hydrogens is 419 g/mol. The largest absolute Gasteiger partial charge is 0.454 e. The lowest BCUT2D eigenvalue weighted by molar-refractivity contribution is 0.0577. The van der Waals surface area contributed by atoms with Crippen LogP contribution in [-0.2, 0) is 6.54 Å². The third kappa shape index (κ3) is 4.54. The van der Waals surface area contributed by atoms with E-state index in [0.717, 1.165) is 10.5 Å². The van der Waals surface area contributed by atoms with Gasteiger partial charge in [0.15, 0.2) is 11.6 Å². The first kappa shape index (κ1) is 21.7. The summed E-state index contributed by atoms with van der Waals surface area (Å²) in [6, 6.07) is 13.1. The van der Waals surface area contributed by atoms with Crippen molar-refractivity contribution in [2.24, 2.45) is 0 Å². The number of rotatable bonds is 7. The minimum atomic E-state index is -2.61. The number of amides is 1. The summed E-state index contributed by atoms with van der Waals surface area (Å²) in [7, 11) is 0. The van der Waals surface area contributed by atoms with Crippen molar-refractivity contribution in [3.63, 3.8) is 0 Å². The van der Waals surface area contributed by atoms with Crippen LogP contribution in [0, 0.1) is 12.7 Å². The van der Waals surface area contributed by atoms with Crippen molar-refractivity contribution in [2.45, 2.75) is 32.9 Å². The zero-order valence-electron chi connectivity index (χ0n) is 17.6. The molecule has 2 heterocycles. The average Bonchev–Trinajstić information content (AvgIpc) is 3.07. The van der Waals surface area contributed by atoms with Gasteiger partial charge in [0.05, 0.1) is 19.1 Å². The fourth-order valence-electron chi connectivity index (χ4n) is 3.62. The lowest BCUT2D eigenvalue weighted by Crippen LogP contribution is -2.29. The van der Waals surface area contributed by atoms with Crippen LogP contribution < -0.4 is 10.1 Å². The maximum absolute atomic E-state index is 14.7. The van der Waals surface area contributed by atoms with Crippen molar-refractivity contribution in [3.05, 3.63) is 82.8 Å². The molecule has 1 amide bonds. The van der Waals surface area contributed by atoms with E-state index in [0.29, 0.717) is 28.3 Å². The first-order valence-electron chi connectivity index (χ1n) is 10.2. The number of hydrogen-bond acceptors (Lipinski definition) is 4. The van der Waals surface area contributed by atoms with E-state index in [1.165, 1.54) is 18.3 Å². The number of nitrogens with zero attached hydrogens (tertiary/aromatic N) is 2. The minimum absolute atomic E-state index is 0.0547. The Morgan fingerprint density at radius 1 is 1.16 bits per heavy atom. The third-order valence-electron chi connectivity index (χ3n) is 5.34. The Labute approximate surface area is 183 Å². The first-order valence-corrected chi connectivity index (χ1v) is 10.2. The van der Waals surface area contributed by atoms with Gasteiger partial charge in [-0.25, -0.2) is 18.2 Å². The van der Waals surface area contributed by atoms with Crippen molar-refractivity contribution in [2.75, 3.05) is 11.9 Å². The molecule has 4 rings (SSSR count). The molecule has 1 aliphatic heterocycles. The number of pyridine rings is 1. The molecule has 3 aromatic rings. The maximum atomic E-state index is 14.7. The van der Waals surface area contributed by atoms with Crippen molar-refractivity contribution in [3.8, 4) is 11.5 Å². The zero-order valence-corrected chi connectivity index (χ0v) is 17.6. The number of fused-ring (bicyclic) bond motifs is 1. The molecule has 8 heteroatoms. The van der Waals surface area contributed by atoms with Crippen LogP contribution >= 0.6 is 0 Å². The quantitative estimate of drug-likeness (QED) is 0.510. The number of carbonyl (C=O) groups excluding carboxylic acids is 1. The predicted octanol–water partition coefficient (Wildman–Crippen LogP) is 5.72. The molecule has 0 spiro atoms. The number of alkyl halides is 2. The van der Waals surface area contributed by atoms with Crippen molar-refractivity contribution in [1.82, 2.24) is 9.88 Å². The highest BCUT2D eigenvalue weighted by molar-refractivity contribution is 5.99. The van der Waals surface area contributed by atoms with Crippen LogP contribution in [0.3, 0.4) is 0 Å². The smallest absolute Gasteiger partial charge is 0.255 e. The molecule has 1 aromatic heterocycles. The number of carbonyl (C=O) groups is 1. The van der Waals surface area contributed by atoms with Crippen LogP contribution in [0.1, 0.15) is 40.0 Å². The van der Waals surface area contributed by atoms with E-state index in [-0.39, 0.29) is 18.3 Å². The number of ether oxygens (including phenoxy) is 1. The van der Waals surface area contributed by atoms with E-state index in [4.69, 9.17) is 4.74 Å². The Kier molecular flexibility index (Phi) is 6.03. The van der Waals surface area contributed by atoms with Crippen LogP contribution in [0.2, 0.25) is 0 Å². The maximum Gasteiger partial charge on any atom is 0.255 e. The number of nitrogens with one attached hydrogen (secondary N) is 1. The lowest BCUT2D eigenvalue weighted by Gasteiger charge is -2.18. The molecule has 5 nitrogen and oxygen atoms in total. The van der Waals surface area contributed by atoms with Gasteiger partial charge in [-0.15, -0.1) is 0 Å². The van der Waals surface area contributed by atoms with E-state index < -0.39 is 24.7 Å². The highest BCUT2D eigenvalue weighted by Crippen LogP contribution is 2.32. The summed E-state index contributed by atoms with van der Waals surface area (Å²) in [5.74, 6) is 0.107. The van der Waals surface area contributed by atoms with Crippen LogP contribution in [-0.4, -0.2) is 28.8 Å². The fraction of sp³-hybridized carbons (Fsp3) is 0.250. The van der Waals surface area contributed by atoms with Crippen molar-refractivity contribution in [1.29, 1.82) is 0 Å². The van der Waals surface area contributed by atoms with Crippen LogP contribution in [0.25, 0.3) is 0 Å². The summed E-state index contributed by atoms with van der Waals surface area (Å²) in [5.41, 5.74) is 2.63. The third-order valence-corrected chi connectivity index (χ3v) is 5.34. The molecule has 166 valence electrons. The van der Waals surface area contributed by atoms with Crippen molar-refractivity contribution < 1.29 is 22.7 Å². The summed E-state index contributed by atoms with van der Waals surface area (Å²) in [5, 5.41) is 3.17. The Hall–Kier alpha value is -3.55. The number of aromatic nitrogens is 1.